The van der Waals surface area contributed by atoms with Crippen LogP contribution < -0.4 is 4.74 Å². The predicted molar refractivity (Wildman–Crippen MR) is 80.2 cm³/mol. The molecule has 1 aromatic carbocycles. The second-order valence-corrected chi connectivity index (χ2v) is 6.96. The van der Waals surface area contributed by atoms with Crippen molar-refractivity contribution in [2.24, 2.45) is 0 Å². The molecule has 2 aliphatic rings. The largest absolute Gasteiger partial charge is 0.497 e. The van der Waals surface area contributed by atoms with Crippen LogP contribution in [0.15, 0.2) is 12.1 Å². The van der Waals surface area contributed by atoms with Crippen molar-refractivity contribution >= 4 is 0 Å². The first-order chi connectivity index (χ1) is 9.12. The van der Waals surface area contributed by atoms with Crippen LogP contribution in [-0.4, -0.2) is 7.11 Å². The average molecular weight is 258 g/mol. The molecule has 0 spiro atoms. The van der Waals surface area contributed by atoms with E-state index in [2.05, 4.69) is 26.0 Å². The van der Waals surface area contributed by atoms with E-state index < -0.39 is 0 Å². The first-order valence-electron chi connectivity index (χ1n) is 7.83. The predicted octanol–water partition coefficient (Wildman–Crippen LogP) is 4.97. The number of benzene rings is 1. The van der Waals surface area contributed by atoms with Crippen molar-refractivity contribution in [3.63, 3.8) is 0 Å². The summed E-state index contributed by atoms with van der Waals surface area (Å²) >= 11 is 0. The van der Waals surface area contributed by atoms with E-state index in [1.165, 1.54) is 44.9 Å². The van der Waals surface area contributed by atoms with Gasteiger partial charge in [-0.3, -0.25) is 0 Å². The van der Waals surface area contributed by atoms with Crippen molar-refractivity contribution in [1.29, 1.82) is 0 Å². The Hall–Kier alpha value is -0.980. The molecule has 1 heteroatoms. The molecule has 0 unspecified atom stereocenters. The fourth-order valence-corrected chi connectivity index (χ4v) is 4.02. The molecule has 0 heterocycles. The third-order valence-corrected chi connectivity index (χ3v) is 5.27. The summed E-state index contributed by atoms with van der Waals surface area (Å²) in [5, 5.41) is 0. The van der Waals surface area contributed by atoms with Crippen LogP contribution in [0.1, 0.15) is 75.0 Å². The molecule has 0 radical (unpaired) electrons. The second-order valence-electron chi connectivity index (χ2n) is 6.96. The molecule has 0 saturated heterocycles. The lowest BCUT2D eigenvalue weighted by Crippen LogP contribution is -2.13. The Morgan fingerprint density at radius 3 is 2.53 bits per heavy atom. The van der Waals surface area contributed by atoms with Crippen molar-refractivity contribution in [3.8, 4) is 5.75 Å². The van der Waals surface area contributed by atoms with Gasteiger partial charge in [0, 0.05) is 0 Å². The van der Waals surface area contributed by atoms with Gasteiger partial charge in [0.2, 0.25) is 0 Å². The lowest BCUT2D eigenvalue weighted by atomic mass is 9.79. The van der Waals surface area contributed by atoms with Gasteiger partial charge < -0.3 is 4.74 Å². The zero-order valence-corrected chi connectivity index (χ0v) is 12.6. The number of rotatable bonds is 2. The Morgan fingerprint density at radius 1 is 1.11 bits per heavy atom. The molecule has 1 fully saturated rings. The molecule has 1 aromatic rings. The number of hydrogen-bond acceptors (Lipinski definition) is 1. The summed E-state index contributed by atoms with van der Waals surface area (Å²) in [6.45, 7) is 4.76. The molecular weight excluding hydrogens is 232 g/mol. The topological polar surface area (TPSA) is 9.23 Å². The van der Waals surface area contributed by atoms with Crippen LogP contribution in [0.3, 0.4) is 0 Å². The van der Waals surface area contributed by atoms with Crippen LogP contribution in [-0.2, 0) is 11.8 Å². The van der Waals surface area contributed by atoms with Crippen LogP contribution in [0, 0.1) is 0 Å². The Morgan fingerprint density at radius 2 is 1.84 bits per heavy atom. The van der Waals surface area contributed by atoms with E-state index in [4.69, 9.17) is 4.74 Å². The van der Waals surface area contributed by atoms with E-state index in [9.17, 15) is 0 Å². The van der Waals surface area contributed by atoms with E-state index in [0.29, 0.717) is 5.41 Å². The Kier molecular flexibility index (Phi) is 3.32. The summed E-state index contributed by atoms with van der Waals surface area (Å²) in [5.74, 6) is 1.85. The lowest BCUT2D eigenvalue weighted by Gasteiger charge is -2.26. The monoisotopic (exact) mass is 258 g/mol. The van der Waals surface area contributed by atoms with E-state index in [1.54, 1.807) is 23.8 Å². The maximum Gasteiger partial charge on any atom is 0.119 e. The molecule has 1 nitrogen and oxygen atoms in total. The average Bonchev–Trinajstić information content (AvgIpc) is 2.75. The maximum atomic E-state index is 5.56. The van der Waals surface area contributed by atoms with Gasteiger partial charge in [-0.15, -0.1) is 0 Å². The van der Waals surface area contributed by atoms with E-state index in [-0.39, 0.29) is 0 Å². The summed E-state index contributed by atoms with van der Waals surface area (Å²) in [5.41, 5.74) is 5.14. The van der Waals surface area contributed by atoms with Crippen LogP contribution in [0.25, 0.3) is 0 Å². The normalized spacial score (nSPS) is 22.3. The molecule has 3 rings (SSSR count). The maximum absolute atomic E-state index is 5.56. The molecule has 1 saturated carbocycles. The molecule has 0 bridgehead atoms. The second kappa shape index (κ2) is 4.85. The summed E-state index contributed by atoms with van der Waals surface area (Å²) in [6.07, 6.45) is 9.53. The lowest BCUT2D eigenvalue weighted by molar-refractivity contribution is 0.407. The molecule has 2 aliphatic carbocycles. The standard InChI is InChI=1S/C18H26O/c1-18(2)10-9-15-16(13-7-5-4-6-8-13)11-14(19-3)12-17(15)18/h11-13H,4-10H2,1-3H3. The fourth-order valence-electron chi connectivity index (χ4n) is 4.02. The molecule has 0 atom stereocenters. The smallest absolute Gasteiger partial charge is 0.119 e. The third-order valence-electron chi connectivity index (χ3n) is 5.27. The first kappa shape index (κ1) is 13.0. The molecular formula is C18H26O. The minimum Gasteiger partial charge on any atom is -0.497 e. The highest BCUT2D eigenvalue weighted by molar-refractivity contribution is 5.50. The number of fused-ring (bicyclic) bond motifs is 1. The van der Waals surface area contributed by atoms with E-state index >= 15 is 0 Å². The van der Waals surface area contributed by atoms with E-state index in [1.807, 2.05) is 0 Å². The fraction of sp³-hybridized carbons (Fsp3) is 0.667. The summed E-state index contributed by atoms with van der Waals surface area (Å²) in [7, 11) is 1.80. The Labute approximate surface area is 117 Å². The van der Waals surface area contributed by atoms with Crippen LogP contribution in [0.4, 0.5) is 0 Å². The van der Waals surface area contributed by atoms with E-state index in [0.717, 1.165) is 11.7 Å². The van der Waals surface area contributed by atoms with Crippen molar-refractivity contribution in [1.82, 2.24) is 0 Å². The van der Waals surface area contributed by atoms with Gasteiger partial charge in [-0.05, 0) is 65.8 Å². The molecule has 0 aromatic heterocycles. The quantitative estimate of drug-likeness (QED) is 0.728. The number of hydrogen-bond donors (Lipinski definition) is 0. The van der Waals surface area contributed by atoms with Crippen molar-refractivity contribution in [2.45, 2.75) is 70.1 Å². The van der Waals surface area contributed by atoms with Gasteiger partial charge >= 0.3 is 0 Å². The van der Waals surface area contributed by atoms with Crippen molar-refractivity contribution in [3.05, 3.63) is 28.8 Å². The summed E-state index contributed by atoms with van der Waals surface area (Å²) in [4.78, 5) is 0. The first-order valence-corrected chi connectivity index (χ1v) is 7.83. The number of ether oxygens (including phenoxy) is 1. The van der Waals surface area contributed by atoms with Gasteiger partial charge in [-0.25, -0.2) is 0 Å². The van der Waals surface area contributed by atoms with Gasteiger partial charge in [-0.2, -0.15) is 0 Å². The highest BCUT2D eigenvalue weighted by Gasteiger charge is 2.33. The minimum absolute atomic E-state index is 0.327. The molecule has 0 aliphatic heterocycles. The zero-order valence-electron chi connectivity index (χ0n) is 12.6. The molecule has 0 N–H and O–H groups in total. The SMILES string of the molecule is COc1cc(C2CCCCC2)c2c(c1)C(C)(C)CC2. The third kappa shape index (κ3) is 2.28. The van der Waals surface area contributed by atoms with Crippen LogP contribution in [0.2, 0.25) is 0 Å². The Balaban J connectivity index is 2.06. The Bertz CT molecular complexity index is 467. The van der Waals surface area contributed by atoms with Gasteiger partial charge in [0.05, 0.1) is 7.11 Å². The van der Waals surface area contributed by atoms with Crippen molar-refractivity contribution < 1.29 is 4.74 Å². The van der Waals surface area contributed by atoms with Crippen molar-refractivity contribution in [2.75, 3.05) is 7.11 Å². The van der Waals surface area contributed by atoms with Gasteiger partial charge in [-0.1, -0.05) is 33.1 Å². The highest BCUT2D eigenvalue weighted by Crippen LogP contribution is 2.46. The summed E-state index contributed by atoms with van der Waals surface area (Å²) < 4.78 is 5.56. The molecule has 19 heavy (non-hydrogen) atoms. The van der Waals surface area contributed by atoms with Crippen LogP contribution >= 0.6 is 0 Å². The summed E-state index contributed by atoms with van der Waals surface area (Å²) in [6, 6.07) is 4.62. The van der Waals surface area contributed by atoms with Gasteiger partial charge in [0.1, 0.15) is 5.75 Å². The zero-order chi connectivity index (χ0) is 13.5. The molecule has 0 amide bonds. The van der Waals surface area contributed by atoms with Gasteiger partial charge in [0.25, 0.3) is 0 Å². The van der Waals surface area contributed by atoms with Crippen LogP contribution in [0.5, 0.6) is 5.75 Å². The highest BCUT2D eigenvalue weighted by atomic mass is 16.5. The van der Waals surface area contributed by atoms with Gasteiger partial charge in [0.15, 0.2) is 0 Å². The minimum atomic E-state index is 0.327. The molecule has 104 valence electrons. The number of methoxy groups -OCH3 is 1.